The molecule has 3 nitrogen and oxygen atoms in total. The van der Waals surface area contributed by atoms with Crippen molar-refractivity contribution in [3.05, 3.63) is 59.7 Å². The van der Waals surface area contributed by atoms with Gasteiger partial charge in [-0.2, -0.15) is 0 Å². The second kappa shape index (κ2) is 6.36. The zero-order valence-corrected chi connectivity index (χ0v) is 10.9. The predicted octanol–water partition coefficient (Wildman–Crippen LogP) is 3.41. The Morgan fingerprint density at radius 2 is 1.47 bits per heavy atom. The largest absolute Gasteiger partial charge is 0.457 e. The van der Waals surface area contributed by atoms with E-state index in [9.17, 15) is 5.11 Å². The van der Waals surface area contributed by atoms with Crippen molar-refractivity contribution in [1.82, 2.24) is 0 Å². The van der Waals surface area contributed by atoms with Crippen molar-refractivity contribution in [2.75, 3.05) is 0 Å². The number of ether oxygens (including phenoxy) is 1. The van der Waals surface area contributed by atoms with Crippen LogP contribution in [-0.2, 0) is 6.61 Å². The summed E-state index contributed by atoms with van der Waals surface area (Å²) < 4.78 is 5.68. The van der Waals surface area contributed by atoms with E-state index in [2.05, 4.69) is 0 Å². The minimum atomic E-state index is -0.419. The molecule has 0 saturated heterocycles. The summed E-state index contributed by atoms with van der Waals surface area (Å²) in [5, 5.41) is 18.7. The van der Waals surface area contributed by atoms with Gasteiger partial charge in [-0.15, -0.1) is 0 Å². The van der Waals surface area contributed by atoms with E-state index in [0.29, 0.717) is 6.42 Å². The van der Waals surface area contributed by atoms with Crippen molar-refractivity contribution in [2.45, 2.75) is 26.1 Å². The fourth-order valence-corrected chi connectivity index (χ4v) is 1.79. The monoisotopic (exact) mass is 258 g/mol. The highest BCUT2D eigenvalue weighted by Crippen LogP contribution is 2.24. The summed E-state index contributed by atoms with van der Waals surface area (Å²) in [5.41, 5.74) is 1.75. The van der Waals surface area contributed by atoms with Crippen LogP contribution in [0.1, 0.15) is 30.6 Å². The van der Waals surface area contributed by atoms with E-state index in [0.717, 1.165) is 22.6 Å². The van der Waals surface area contributed by atoms with Gasteiger partial charge in [-0.05, 0) is 41.8 Å². The van der Waals surface area contributed by atoms with Crippen molar-refractivity contribution < 1.29 is 14.9 Å². The Morgan fingerprint density at radius 1 is 0.947 bits per heavy atom. The number of aliphatic hydroxyl groups excluding tert-OH is 2. The fraction of sp³-hybridized carbons (Fsp3) is 0.250. The van der Waals surface area contributed by atoms with Gasteiger partial charge < -0.3 is 14.9 Å². The average Bonchev–Trinajstić information content (AvgIpc) is 2.48. The quantitative estimate of drug-likeness (QED) is 0.864. The number of rotatable bonds is 5. The summed E-state index contributed by atoms with van der Waals surface area (Å²) in [5.74, 6) is 1.45. The summed E-state index contributed by atoms with van der Waals surface area (Å²) >= 11 is 0. The molecule has 0 heterocycles. The standard InChI is InChI=1S/C16H18O3/c1-2-16(18)13-5-9-15(10-6-13)19-14-7-3-12(11-17)4-8-14/h3-10,16-18H,2,11H2,1H3/t16-/m0/s1. The molecular formula is C16H18O3. The smallest absolute Gasteiger partial charge is 0.127 e. The Hall–Kier alpha value is -1.84. The summed E-state index contributed by atoms with van der Waals surface area (Å²) in [6.07, 6.45) is 0.279. The molecule has 0 bridgehead atoms. The number of hydrogen-bond donors (Lipinski definition) is 2. The van der Waals surface area contributed by atoms with Crippen molar-refractivity contribution in [1.29, 1.82) is 0 Å². The molecule has 2 N–H and O–H groups in total. The molecule has 0 aliphatic rings. The molecule has 2 aromatic carbocycles. The van der Waals surface area contributed by atoms with Gasteiger partial charge in [0.25, 0.3) is 0 Å². The van der Waals surface area contributed by atoms with Crippen LogP contribution in [0.25, 0.3) is 0 Å². The van der Waals surface area contributed by atoms with E-state index in [-0.39, 0.29) is 6.61 Å². The first-order chi connectivity index (χ1) is 9.22. The molecule has 0 fully saturated rings. The van der Waals surface area contributed by atoms with Crippen LogP contribution in [0.15, 0.2) is 48.5 Å². The highest BCUT2D eigenvalue weighted by Gasteiger charge is 2.04. The third-order valence-electron chi connectivity index (χ3n) is 2.99. The van der Waals surface area contributed by atoms with E-state index in [1.165, 1.54) is 0 Å². The lowest BCUT2D eigenvalue weighted by Gasteiger charge is -2.10. The normalized spacial score (nSPS) is 12.2. The number of benzene rings is 2. The van der Waals surface area contributed by atoms with Gasteiger partial charge in [-0.25, -0.2) is 0 Å². The minimum Gasteiger partial charge on any atom is -0.457 e. The number of hydrogen-bond acceptors (Lipinski definition) is 3. The van der Waals surface area contributed by atoms with Crippen LogP contribution in [0.2, 0.25) is 0 Å². The minimum absolute atomic E-state index is 0.0316. The van der Waals surface area contributed by atoms with Crippen molar-refractivity contribution >= 4 is 0 Å². The lowest BCUT2D eigenvalue weighted by Crippen LogP contribution is -1.94. The molecule has 1 atom stereocenters. The molecule has 0 amide bonds. The van der Waals surface area contributed by atoms with Gasteiger partial charge in [0.15, 0.2) is 0 Å². The molecule has 100 valence electrons. The van der Waals surface area contributed by atoms with E-state index < -0.39 is 6.10 Å². The van der Waals surface area contributed by atoms with Crippen LogP contribution >= 0.6 is 0 Å². The Kier molecular flexibility index (Phi) is 4.55. The van der Waals surface area contributed by atoms with Gasteiger partial charge in [0.2, 0.25) is 0 Å². The van der Waals surface area contributed by atoms with E-state index in [4.69, 9.17) is 9.84 Å². The maximum Gasteiger partial charge on any atom is 0.127 e. The molecule has 0 saturated carbocycles. The Balaban J connectivity index is 2.06. The van der Waals surface area contributed by atoms with Gasteiger partial charge in [0.1, 0.15) is 11.5 Å². The SMILES string of the molecule is CC[C@H](O)c1ccc(Oc2ccc(CO)cc2)cc1. The first-order valence-corrected chi connectivity index (χ1v) is 6.38. The van der Waals surface area contributed by atoms with Crippen LogP contribution in [0, 0.1) is 0 Å². The molecule has 3 heteroatoms. The van der Waals surface area contributed by atoms with Gasteiger partial charge >= 0.3 is 0 Å². The molecule has 0 aliphatic carbocycles. The molecule has 0 spiro atoms. The molecule has 0 unspecified atom stereocenters. The lowest BCUT2D eigenvalue weighted by molar-refractivity contribution is 0.173. The zero-order valence-electron chi connectivity index (χ0n) is 10.9. The third kappa shape index (κ3) is 3.56. The van der Waals surface area contributed by atoms with E-state index in [1.807, 2.05) is 55.5 Å². The summed E-state index contributed by atoms with van der Waals surface area (Å²) in [4.78, 5) is 0. The van der Waals surface area contributed by atoms with Gasteiger partial charge in [-0.3, -0.25) is 0 Å². The van der Waals surface area contributed by atoms with Gasteiger partial charge in [0, 0.05) is 0 Å². The van der Waals surface area contributed by atoms with Crippen LogP contribution < -0.4 is 4.74 Å². The first-order valence-electron chi connectivity index (χ1n) is 6.38. The topological polar surface area (TPSA) is 49.7 Å². The Bertz CT molecular complexity index is 503. The van der Waals surface area contributed by atoms with Crippen LogP contribution in [-0.4, -0.2) is 10.2 Å². The van der Waals surface area contributed by atoms with Crippen molar-refractivity contribution in [2.24, 2.45) is 0 Å². The second-order valence-corrected chi connectivity index (χ2v) is 4.40. The van der Waals surface area contributed by atoms with Gasteiger partial charge in [0.05, 0.1) is 12.7 Å². The first kappa shape index (κ1) is 13.6. The molecular weight excluding hydrogens is 240 g/mol. The predicted molar refractivity (Wildman–Crippen MR) is 74.1 cm³/mol. The maximum absolute atomic E-state index is 9.70. The maximum atomic E-state index is 9.70. The molecule has 2 aromatic rings. The molecule has 0 aliphatic heterocycles. The van der Waals surface area contributed by atoms with E-state index >= 15 is 0 Å². The summed E-state index contributed by atoms with van der Waals surface area (Å²) in [7, 11) is 0. The summed E-state index contributed by atoms with van der Waals surface area (Å²) in [6.45, 7) is 1.97. The van der Waals surface area contributed by atoms with Gasteiger partial charge in [-0.1, -0.05) is 31.2 Å². The highest BCUT2D eigenvalue weighted by molar-refractivity contribution is 5.34. The Labute approximate surface area is 113 Å². The highest BCUT2D eigenvalue weighted by atomic mass is 16.5. The van der Waals surface area contributed by atoms with Crippen molar-refractivity contribution in [3.8, 4) is 11.5 Å². The fourth-order valence-electron chi connectivity index (χ4n) is 1.79. The third-order valence-corrected chi connectivity index (χ3v) is 2.99. The van der Waals surface area contributed by atoms with E-state index in [1.54, 1.807) is 0 Å². The zero-order chi connectivity index (χ0) is 13.7. The summed E-state index contributed by atoms with van der Waals surface area (Å²) in [6, 6.07) is 14.7. The van der Waals surface area contributed by atoms with Crippen LogP contribution in [0.3, 0.4) is 0 Å². The molecule has 2 rings (SSSR count). The van der Waals surface area contributed by atoms with Crippen LogP contribution in [0.4, 0.5) is 0 Å². The lowest BCUT2D eigenvalue weighted by atomic mass is 10.1. The second-order valence-electron chi connectivity index (χ2n) is 4.40. The average molecular weight is 258 g/mol. The molecule has 0 aromatic heterocycles. The molecule has 0 radical (unpaired) electrons. The van der Waals surface area contributed by atoms with Crippen LogP contribution in [0.5, 0.6) is 11.5 Å². The Morgan fingerprint density at radius 3 is 1.95 bits per heavy atom. The van der Waals surface area contributed by atoms with Crippen molar-refractivity contribution in [3.63, 3.8) is 0 Å². The molecule has 19 heavy (non-hydrogen) atoms. The number of aliphatic hydroxyl groups is 2.